The van der Waals surface area contributed by atoms with Gasteiger partial charge < -0.3 is 33.1 Å². The SMILES string of the molecule is C[C@@H]1O[C@](O)([C@H](F)P(=O)(OCc2ccccc2)OCc2ccccc2)[C@H](OCc2ccccc2)[C@H](OCc2ccccc2)[C@H]1OCc1ccccc1. The molecule has 6 atom stereocenters. The Morgan fingerprint density at radius 1 is 0.577 bits per heavy atom. The lowest BCUT2D eigenvalue weighted by Crippen LogP contribution is -2.69. The highest BCUT2D eigenvalue weighted by Crippen LogP contribution is 2.60. The van der Waals surface area contributed by atoms with Crippen LogP contribution in [-0.4, -0.2) is 41.2 Å². The van der Waals surface area contributed by atoms with Crippen LogP contribution in [0.1, 0.15) is 34.7 Å². The van der Waals surface area contributed by atoms with Crippen LogP contribution in [0.25, 0.3) is 0 Å². The predicted octanol–water partition coefficient (Wildman–Crippen LogP) is 8.77. The van der Waals surface area contributed by atoms with Crippen LogP contribution in [0.5, 0.6) is 0 Å². The maximum Gasteiger partial charge on any atom is 0.370 e. The molecule has 1 fully saturated rings. The molecule has 1 aliphatic rings. The van der Waals surface area contributed by atoms with Gasteiger partial charge in [0.1, 0.15) is 18.3 Å². The van der Waals surface area contributed by atoms with Gasteiger partial charge in [0.15, 0.2) is 0 Å². The van der Waals surface area contributed by atoms with Gasteiger partial charge in [0, 0.05) is 0 Å². The van der Waals surface area contributed by atoms with Crippen molar-refractivity contribution in [3.05, 3.63) is 179 Å². The van der Waals surface area contributed by atoms with Crippen LogP contribution in [0.2, 0.25) is 0 Å². The van der Waals surface area contributed by atoms with E-state index in [0.717, 1.165) is 16.7 Å². The van der Waals surface area contributed by atoms with Crippen molar-refractivity contribution in [2.45, 2.75) is 76.1 Å². The summed E-state index contributed by atoms with van der Waals surface area (Å²) in [5.41, 5.74) is 3.77. The van der Waals surface area contributed by atoms with Crippen molar-refractivity contribution in [2.24, 2.45) is 0 Å². The smallest absolute Gasteiger partial charge is 0.368 e. The molecule has 0 saturated carbocycles. The van der Waals surface area contributed by atoms with Crippen molar-refractivity contribution in [1.29, 1.82) is 0 Å². The third kappa shape index (κ3) is 9.69. The maximum atomic E-state index is 17.5. The molecular weight excluding hydrogens is 682 g/mol. The zero-order chi connectivity index (χ0) is 36.2. The Kier molecular flexibility index (Phi) is 13.2. The molecular formula is C42H44FO8P. The molecule has 0 amide bonds. The Balaban J connectivity index is 1.36. The largest absolute Gasteiger partial charge is 0.370 e. The Labute approximate surface area is 304 Å². The predicted molar refractivity (Wildman–Crippen MR) is 196 cm³/mol. The quantitative estimate of drug-likeness (QED) is 0.0952. The van der Waals surface area contributed by atoms with Crippen molar-refractivity contribution < 1.29 is 42.1 Å². The topological polar surface area (TPSA) is 92.7 Å². The fourth-order valence-electron chi connectivity index (χ4n) is 6.09. The van der Waals surface area contributed by atoms with Crippen molar-refractivity contribution in [3.63, 3.8) is 0 Å². The van der Waals surface area contributed by atoms with Crippen LogP contribution < -0.4 is 0 Å². The first-order valence-electron chi connectivity index (χ1n) is 17.3. The molecule has 1 heterocycles. The van der Waals surface area contributed by atoms with Gasteiger partial charge in [0.05, 0.1) is 39.1 Å². The minimum absolute atomic E-state index is 0.0467. The van der Waals surface area contributed by atoms with Crippen LogP contribution in [0.4, 0.5) is 4.39 Å². The average Bonchev–Trinajstić information content (AvgIpc) is 3.19. The van der Waals surface area contributed by atoms with Gasteiger partial charge in [-0.2, -0.15) is 0 Å². The first kappa shape index (κ1) is 37.7. The van der Waals surface area contributed by atoms with Crippen LogP contribution in [0, 0.1) is 0 Å². The van der Waals surface area contributed by atoms with E-state index in [1.54, 1.807) is 55.5 Å². The van der Waals surface area contributed by atoms with Gasteiger partial charge in [0.2, 0.25) is 5.79 Å². The Hall–Kier alpha value is -4.02. The average molecular weight is 727 g/mol. The molecule has 6 rings (SSSR count). The van der Waals surface area contributed by atoms with Crippen LogP contribution in [0.15, 0.2) is 152 Å². The lowest BCUT2D eigenvalue weighted by atomic mass is 9.92. The third-order valence-corrected chi connectivity index (χ3v) is 10.7. The molecule has 10 heteroatoms. The van der Waals surface area contributed by atoms with Crippen LogP contribution in [0.3, 0.4) is 0 Å². The Bertz CT molecular complexity index is 1770. The molecule has 0 aliphatic carbocycles. The monoisotopic (exact) mass is 726 g/mol. The van der Waals surface area contributed by atoms with Crippen molar-refractivity contribution in [1.82, 2.24) is 0 Å². The molecule has 52 heavy (non-hydrogen) atoms. The zero-order valence-corrected chi connectivity index (χ0v) is 29.9. The van der Waals surface area contributed by atoms with E-state index < -0.39 is 43.7 Å². The first-order valence-corrected chi connectivity index (χ1v) is 18.9. The minimum atomic E-state index is -4.84. The lowest BCUT2D eigenvalue weighted by molar-refractivity contribution is -0.373. The molecule has 0 unspecified atom stereocenters. The summed E-state index contributed by atoms with van der Waals surface area (Å²) in [4.78, 5) is 0. The fraction of sp³-hybridized carbons (Fsp3) is 0.286. The first-order chi connectivity index (χ1) is 25.3. The standard InChI is InChI=1S/C42H44FO8P/c1-32-38(46-27-33-17-7-2-8-18-33)39(47-28-34-19-9-3-10-20-34)40(48-29-35-21-11-4-12-22-35)42(44,51-32)41(43)52(45,49-30-36-23-13-5-14-24-36)50-31-37-25-15-6-16-26-37/h2-26,32,38-41,44H,27-31H2,1H3/t32-,38-,39+,40+,41+,42-/m0/s1. The van der Waals surface area contributed by atoms with E-state index in [1.807, 2.05) is 103 Å². The molecule has 0 aromatic heterocycles. The van der Waals surface area contributed by atoms with Gasteiger partial charge in [-0.1, -0.05) is 152 Å². The zero-order valence-electron chi connectivity index (χ0n) is 29.0. The number of rotatable bonds is 17. The normalized spacial score (nSPS) is 22.5. The number of halogens is 1. The van der Waals surface area contributed by atoms with Gasteiger partial charge in [-0.3, -0.25) is 4.57 Å². The summed E-state index contributed by atoms with van der Waals surface area (Å²) in [6, 6.07) is 46.2. The molecule has 0 spiro atoms. The second-order valence-corrected chi connectivity index (χ2v) is 14.8. The molecule has 1 N–H and O–H groups in total. The summed E-state index contributed by atoms with van der Waals surface area (Å²) >= 11 is 0. The van der Waals surface area contributed by atoms with Gasteiger partial charge in [0.25, 0.3) is 5.91 Å². The number of ether oxygens (including phenoxy) is 4. The molecule has 8 nitrogen and oxygen atoms in total. The highest BCUT2D eigenvalue weighted by Gasteiger charge is 2.65. The van der Waals surface area contributed by atoms with Gasteiger partial charge in [-0.25, -0.2) is 4.39 Å². The summed E-state index contributed by atoms with van der Waals surface area (Å²) < 4.78 is 69.6. The second-order valence-electron chi connectivity index (χ2n) is 12.7. The maximum absolute atomic E-state index is 17.5. The van der Waals surface area contributed by atoms with E-state index in [0.29, 0.717) is 11.1 Å². The van der Waals surface area contributed by atoms with E-state index in [-0.39, 0.29) is 33.0 Å². The fourth-order valence-corrected chi connectivity index (χ4v) is 7.75. The number of hydrogen-bond donors (Lipinski definition) is 1. The lowest BCUT2D eigenvalue weighted by Gasteiger charge is -2.50. The summed E-state index contributed by atoms with van der Waals surface area (Å²) in [7, 11) is -4.84. The van der Waals surface area contributed by atoms with E-state index >= 15 is 4.39 Å². The molecule has 272 valence electrons. The summed E-state index contributed by atoms with van der Waals surface area (Å²) in [6.45, 7) is 1.39. The Morgan fingerprint density at radius 3 is 1.29 bits per heavy atom. The molecule has 0 radical (unpaired) electrons. The second kappa shape index (κ2) is 18.1. The van der Waals surface area contributed by atoms with Crippen LogP contribution in [-0.2, 0) is 65.6 Å². The van der Waals surface area contributed by atoms with Gasteiger partial charge >= 0.3 is 7.60 Å². The third-order valence-electron chi connectivity index (χ3n) is 8.84. The van der Waals surface area contributed by atoms with Crippen molar-refractivity contribution >= 4 is 7.60 Å². The van der Waals surface area contributed by atoms with Crippen molar-refractivity contribution in [3.8, 4) is 0 Å². The van der Waals surface area contributed by atoms with Gasteiger partial charge in [-0.15, -0.1) is 0 Å². The van der Waals surface area contributed by atoms with E-state index in [1.165, 1.54) is 0 Å². The van der Waals surface area contributed by atoms with E-state index in [9.17, 15) is 9.67 Å². The highest BCUT2D eigenvalue weighted by molar-refractivity contribution is 7.54. The van der Waals surface area contributed by atoms with Gasteiger partial charge in [-0.05, 0) is 34.7 Å². The summed E-state index contributed by atoms with van der Waals surface area (Å²) in [5, 5.41) is 12.6. The van der Waals surface area contributed by atoms with E-state index in [4.69, 9.17) is 28.0 Å². The molecule has 1 aliphatic heterocycles. The molecule has 5 aromatic rings. The highest BCUT2D eigenvalue weighted by atomic mass is 31.2. The minimum Gasteiger partial charge on any atom is -0.368 e. The molecule has 0 bridgehead atoms. The molecule has 5 aromatic carbocycles. The Morgan fingerprint density at radius 2 is 0.904 bits per heavy atom. The van der Waals surface area contributed by atoms with Crippen LogP contribution >= 0.6 is 7.60 Å². The van der Waals surface area contributed by atoms with Crippen molar-refractivity contribution in [2.75, 3.05) is 0 Å². The number of hydrogen-bond acceptors (Lipinski definition) is 8. The summed E-state index contributed by atoms with van der Waals surface area (Å²) in [5.74, 6) is -5.60. The number of aliphatic hydroxyl groups is 1. The number of alkyl halides is 1. The summed E-state index contributed by atoms with van der Waals surface area (Å²) in [6.07, 6.45) is -4.46. The number of benzene rings is 5. The molecule has 1 saturated heterocycles. The van der Waals surface area contributed by atoms with E-state index in [2.05, 4.69) is 0 Å².